The fourth-order valence-corrected chi connectivity index (χ4v) is 3.54. The summed E-state index contributed by atoms with van der Waals surface area (Å²) in [4.78, 5) is 11.6. The largest absolute Gasteiger partial charge is 0.373 e. The van der Waals surface area contributed by atoms with Gasteiger partial charge in [-0.2, -0.15) is 0 Å². The van der Waals surface area contributed by atoms with E-state index in [-0.39, 0.29) is 11.5 Å². The van der Waals surface area contributed by atoms with Crippen LogP contribution in [0, 0.1) is 5.41 Å². The molecule has 0 saturated heterocycles. The van der Waals surface area contributed by atoms with Crippen molar-refractivity contribution in [3.63, 3.8) is 0 Å². The predicted molar refractivity (Wildman–Crippen MR) is 79.3 cm³/mol. The van der Waals surface area contributed by atoms with E-state index in [1.165, 1.54) is 11.1 Å². The topological polar surface area (TPSA) is 26.3 Å². The van der Waals surface area contributed by atoms with Gasteiger partial charge in [0.2, 0.25) is 0 Å². The number of benzene rings is 1. The van der Waals surface area contributed by atoms with E-state index < -0.39 is 0 Å². The first kappa shape index (κ1) is 13.6. The van der Waals surface area contributed by atoms with Crippen LogP contribution in [-0.4, -0.2) is 11.9 Å². The first-order chi connectivity index (χ1) is 9.68. The maximum Gasteiger partial charge on any atom is 0.155 e. The SMILES string of the molecule is C[C@]12CCC(=O)C=C1CCC[C@@H]2OCc1ccccc1. The van der Waals surface area contributed by atoms with Gasteiger partial charge < -0.3 is 4.74 Å². The Morgan fingerprint density at radius 2 is 2.05 bits per heavy atom. The van der Waals surface area contributed by atoms with E-state index in [0.717, 1.165) is 25.7 Å². The molecule has 0 bridgehead atoms. The molecule has 106 valence electrons. The molecular weight excluding hydrogens is 248 g/mol. The Balaban J connectivity index is 1.73. The molecule has 0 heterocycles. The van der Waals surface area contributed by atoms with Gasteiger partial charge >= 0.3 is 0 Å². The first-order valence-electron chi connectivity index (χ1n) is 7.58. The lowest BCUT2D eigenvalue weighted by Crippen LogP contribution is -2.41. The lowest BCUT2D eigenvalue weighted by molar-refractivity contribution is -0.117. The lowest BCUT2D eigenvalue weighted by Gasteiger charge is -2.45. The second-order valence-electron chi connectivity index (χ2n) is 6.23. The normalized spacial score (nSPS) is 29.8. The number of ether oxygens (including phenoxy) is 1. The highest BCUT2D eigenvalue weighted by Crippen LogP contribution is 2.48. The van der Waals surface area contributed by atoms with Crippen LogP contribution in [0.3, 0.4) is 0 Å². The summed E-state index contributed by atoms with van der Waals surface area (Å²) in [7, 11) is 0. The third-order valence-corrected chi connectivity index (χ3v) is 4.88. The monoisotopic (exact) mass is 270 g/mol. The van der Waals surface area contributed by atoms with Gasteiger partial charge in [-0.25, -0.2) is 0 Å². The molecule has 20 heavy (non-hydrogen) atoms. The van der Waals surface area contributed by atoms with Crippen LogP contribution in [0.5, 0.6) is 0 Å². The molecule has 3 rings (SSSR count). The highest BCUT2D eigenvalue weighted by molar-refractivity contribution is 5.91. The average molecular weight is 270 g/mol. The van der Waals surface area contributed by atoms with Crippen LogP contribution >= 0.6 is 0 Å². The second-order valence-corrected chi connectivity index (χ2v) is 6.23. The van der Waals surface area contributed by atoms with Crippen LogP contribution in [0.15, 0.2) is 42.0 Å². The molecule has 2 heteroatoms. The van der Waals surface area contributed by atoms with Gasteiger partial charge in [0.1, 0.15) is 0 Å². The minimum Gasteiger partial charge on any atom is -0.373 e. The molecule has 2 nitrogen and oxygen atoms in total. The summed E-state index contributed by atoms with van der Waals surface area (Å²) >= 11 is 0. The molecule has 0 spiro atoms. The second kappa shape index (κ2) is 5.53. The third-order valence-electron chi connectivity index (χ3n) is 4.88. The summed E-state index contributed by atoms with van der Waals surface area (Å²) in [5.74, 6) is 0.293. The number of hydrogen-bond acceptors (Lipinski definition) is 2. The molecule has 0 aromatic heterocycles. The van der Waals surface area contributed by atoms with E-state index in [0.29, 0.717) is 18.8 Å². The minimum absolute atomic E-state index is 0.0704. The van der Waals surface area contributed by atoms with Crippen molar-refractivity contribution in [2.24, 2.45) is 5.41 Å². The predicted octanol–water partition coefficient (Wildman–Crippen LogP) is 4.05. The number of rotatable bonds is 3. The maximum atomic E-state index is 11.6. The number of ketones is 1. The maximum absolute atomic E-state index is 11.6. The minimum atomic E-state index is 0.0704. The Labute approximate surface area is 120 Å². The van der Waals surface area contributed by atoms with Gasteiger partial charge in [0.25, 0.3) is 0 Å². The quantitative estimate of drug-likeness (QED) is 0.828. The smallest absolute Gasteiger partial charge is 0.155 e. The van der Waals surface area contributed by atoms with E-state index in [2.05, 4.69) is 19.1 Å². The van der Waals surface area contributed by atoms with Crippen LogP contribution < -0.4 is 0 Å². The van der Waals surface area contributed by atoms with E-state index in [9.17, 15) is 4.79 Å². The summed E-state index contributed by atoms with van der Waals surface area (Å²) in [5, 5.41) is 0. The highest BCUT2D eigenvalue weighted by atomic mass is 16.5. The third kappa shape index (κ3) is 2.57. The average Bonchev–Trinajstić information content (AvgIpc) is 2.47. The fraction of sp³-hybridized carbons (Fsp3) is 0.500. The van der Waals surface area contributed by atoms with Gasteiger partial charge in [0.05, 0.1) is 12.7 Å². The molecule has 0 amide bonds. The van der Waals surface area contributed by atoms with Crippen molar-refractivity contribution < 1.29 is 9.53 Å². The van der Waals surface area contributed by atoms with Crippen molar-refractivity contribution in [2.75, 3.05) is 0 Å². The van der Waals surface area contributed by atoms with Gasteiger partial charge in [0, 0.05) is 11.8 Å². The van der Waals surface area contributed by atoms with E-state index in [1.807, 2.05) is 24.3 Å². The molecule has 0 radical (unpaired) electrons. The number of fused-ring (bicyclic) bond motifs is 1. The zero-order valence-corrected chi connectivity index (χ0v) is 12.1. The molecule has 0 unspecified atom stereocenters. The van der Waals surface area contributed by atoms with Gasteiger partial charge in [-0.1, -0.05) is 42.8 Å². The number of hydrogen-bond donors (Lipinski definition) is 0. The molecule has 1 aromatic carbocycles. The van der Waals surface area contributed by atoms with E-state index in [1.54, 1.807) is 0 Å². The van der Waals surface area contributed by atoms with Crippen LogP contribution in [0.1, 0.15) is 44.6 Å². The molecule has 2 aliphatic carbocycles. The van der Waals surface area contributed by atoms with Crippen LogP contribution in [-0.2, 0) is 16.1 Å². The number of carbonyl (C=O) groups is 1. The molecule has 1 fully saturated rings. The van der Waals surface area contributed by atoms with Crippen molar-refractivity contribution >= 4 is 5.78 Å². The summed E-state index contributed by atoms with van der Waals surface area (Å²) < 4.78 is 6.22. The van der Waals surface area contributed by atoms with Crippen LogP contribution in [0.2, 0.25) is 0 Å². The highest BCUT2D eigenvalue weighted by Gasteiger charge is 2.43. The Hall–Kier alpha value is -1.41. The zero-order chi connectivity index (χ0) is 14.0. The van der Waals surface area contributed by atoms with Gasteiger partial charge in [0.15, 0.2) is 5.78 Å². The molecule has 1 saturated carbocycles. The number of carbonyl (C=O) groups excluding carboxylic acids is 1. The van der Waals surface area contributed by atoms with Crippen molar-refractivity contribution in [2.45, 2.75) is 51.7 Å². The van der Waals surface area contributed by atoms with Crippen molar-refractivity contribution in [1.82, 2.24) is 0 Å². The van der Waals surface area contributed by atoms with Crippen molar-refractivity contribution in [3.8, 4) is 0 Å². The Bertz CT molecular complexity index is 517. The molecule has 1 aromatic rings. The van der Waals surface area contributed by atoms with Gasteiger partial charge in [-0.15, -0.1) is 0 Å². The Morgan fingerprint density at radius 3 is 2.85 bits per heavy atom. The fourth-order valence-electron chi connectivity index (χ4n) is 3.54. The van der Waals surface area contributed by atoms with Crippen molar-refractivity contribution in [1.29, 1.82) is 0 Å². The molecule has 0 N–H and O–H groups in total. The summed E-state index contributed by atoms with van der Waals surface area (Å²) in [5.41, 5.74) is 2.61. The van der Waals surface area contributed by atoms with Crippen LogP contribution in [0.4, 0.5) is 0 Å². The van der Waals surface area contributed by atoms with Crippen LogP contribution in [0.25, 0.3) is 0 Å². The van der Waals surface area contributed by atoms with Gasteiger partial charge in [-0.3, -0.25) is 4.79 Å². The summed E-state index contributed by atoms with van der Waals surface area (Å²) in [6.07, 6.45) is 7.05. The standard InChI is InChI=1S/C18H22O2/c1-18-11-10-16(19)12-15(18)8-5-9-17(18)20-13-14-6-3-2-4-7-14/h2-4,6-7,12,17H,5,8-11,13H2,1H3/t17-,18-/m0/s1. The Morgan fingerprint density at radius 1 is 1.25 bits per heavy atom. The lowest BCUT2D eigenvalue weighted by atomic mass is 9.64. The summed E-state index contributed by atoms with van der Waals surface area (Å²) in [6, 6.07) is 10.3. The number of allylic oxidation sites excluding steroid dienone is 1. The van der Waals surface area contributed by atoms with Crippen molar-refractivity contribution in [3.05, 3.63) is 47.5 Å². The Kier molecular flexibility index (Phi) is 3.75. The molecule has 2 atom stereocenters. The summed E-state index contributed by atoms with van der Waals surface area (Å²) in [6.45, 7) is 2.95. The molecule has 2 aliphatic rings. The van der Waals surface area contributed by atoms with Gasteiger partial charge in [-0.05, 0) is 37.3 Å². The van der Waals surface area contributed by atoms with E-state index >= 15 is 0 Å². The zero-order valence-electron chi connectivity index (χ0n) is 12.1. The molecular formula is C18H22O2. The molecule has 0 aliphatic heterocycles. The first-order valence-corrected chi connectivity index (χ1v) is 7.58. The van der Waals surface area contributed by atoms with E-state index in [4.69, 9.17) is 4.74 Å².